The Kier molecular flexibility index (Phi) is 3.64. The Bertz CT molecular complexity index is 308. The lowest BCUT2D eigenvalue weighted by atomic mass is 10.2. The van der Waals surface area contributed by atoms with Gasteiger partial charge in [-0.05, 0) is 12.5 Å². The van der Waals surface area contributed by atoms with Crippen molar-refractivity contribution in [1.29, 1.82) is 0 Å². The average Bonchev–Trinajstić information content (AvgIpc) is 2.59. The summed E-state index contributed by atoms with van der Waals surface area (Å²) in [6, 6.07) is 1.44. The number of aryl methyl sites for hydroxylation is 1. The lowest BCUT2D eigenvalue weighted by Crippen LogP contribution is -2.39. The number of aromatic nitrogens is 2. The van der Waals surface area contributed by atoms with Gasteiger partial charge in [0.05, 0.1) is 18.3 Å². The smallest absolute Gasteiger partial charge is 0.237 e. The summed E-state index contributed by atoms with van der Waals surface area (Å²) in [5.74, 6) is -0.127. The van der Waals surface area contributed by atoms with Crippen LogP contribution in [0.15, 0.2) is 12.3 Å². The maximum Gasteiger partial charge on any atom is 0.237 e. The molecule has 3 N–H and O–H groups in total. The summed E-state index contributed by atoms with van der Waals surface area (Å²) in [6.45, 7) is 2.32. The molecule has 0 saturated heterocycles. The number of nitrogens with zero attached hydrogens (tertiary/aromatic N) is 2. The van der Waals surface area contributed by atoms with E-state index in [9.17, 15) is 4.79 Å². The van der Waals surface area contributed by atoms with Gasteiger partial charge in [-0.3, -0.25) is 9.48 Å². The minimum absolute atomic E-state index is 0.127. The molecule has 1 heterocycles. The van der Waals surface area contributed by atoms with Crippen molar-refractivity contribution in [2.24, 2.45) is 12.8 Å². The van der Waals surface area contributed by atoms with Crippen molar-refractivity contribution >= 4 is 5.91 Å². The fourth-order valence-electron chi connectivity index (χ4n) is 1.05. The largest absolute Gasteiger partial charge is 0.349 e. The molecule has 1 atom stereocenters. The summed E-state index contributed by atoms with van der Waals surface area (Å²) < 4.78 is 1.70. The van der Waals surface area contributed by atoms with Crippen LogP contribution in [0.2, 0.25) is 0 Å². The van der Waals surface area contributed by atoms with Gasteiger partial charge in [-0.15, -0.1) is 0 Å². The topological polar surface area (TPSA) is 72.9 Å². The molecular weight excluding hydrogens is 180 g/mol. The van der Waals surface area contributed by atoms with E-state index in [0.717, 1.165) is 5.69 Å². The molecule has 5 nitrogen and oxygen atoms in total. The summed E-state index contributed by atoms with van der Waals surface area (Å²) in [6.07, 6.45) is 2.48. The van der Waals surface area contributed by atoms with Crippen LogP contribution < -0.4 is 11.1 Å². The van der Waals surface area contributed by atoms with Gasteiger partial charge in [-0.25, -0.2) is 0 Å². The van der Waals surface area contributed by atoms with E-state index >= 15 is 0 Å². The van der Waals surface area contributed by atoms with E-state index in [1.807, 2.05) is 26.2 Å². The van der Waals surface area contributed by atoms with E-state index in [2.05, 4.69) is 10.4 Å². The Labute approximate surface area is 83.3 Å². The predicted molar refractivity (Wildman–Crippen MR) is 53.3 cm³/mol. The first-order valence-electron chi connectivity index (χ1n) is 4.65. The van der Waals surface area contributed by atoms with Gasteiger partial charge < -0.3 is 11.1 Å². The summed E-state index contributed by atoms with van der Waals surface area (Å²) in [4.78, 5) is 11.3. The second kappa shape index (κ2) is 4.76. The molecule has 0 aromatic carbocycles. The summed E-state index contributed by atoms with van der Waals surface area (Å²) >= 11 is 0. The summed E-state index contributed by atoms with van der Waals surface area (Å²) in [5.41, 5.74) is 6.39. The Balaban J connectivity index is 2.37. The highest BCUT2D eigenvalue weighted by molar-refractivity contribution is 5.81. The molecule has 1 aromatic rings. The number of rotatable bonds is 4. The van der Waals surface area contributed by atoms with Crippen molar-refractivity contribution in [3.8, 4) is 0 Å². The number of carbonyl (C=O) groups excluding carboxylic acids is 1. The third-order valence-electron chi connectivity index (χ3n) is 1.99. The molecule has 0 aliphatic heterocycles. The van der Waals surface area contributed by atoms with E-state index in [1.54, 1.807) is 4.68 Å². The maximum atomic E-state index is 11.3. The van der Waals surface area contributed by atoms with Crippen molar-refractivity contribution in [3.63, 3.8) is 0 Å². The van der Waals surface area contributed by atoms with E-state index in [0.29, 0.717) is 13.0 Å². The predicted octanol–water partition coefficient (Wildman–Crippen LogP) is -0.226. The molecule has 14 heavy (non-hydrogen) atoms. The third-order valence-corrected chi connectivity index (χ3v) is 1.99. The SMILES string of the molecule is CC[C@@H](N)C(=O)NCc1ccn(C)n1. The first kappa shape index (κ1) is 10.7. The Morgan fingerprint density at radius 1 is 1.79 bits per heavy atom. The highest BCUT2D eigenvalue weighted by atomic mass is 16.2. The number of amides is 1. The van der Waals surface area contributed by atoms with Crippen LogP contribution in [0, 0.1) is 0 Å². The Hall–Kier alpha value is -1.36. The van der Waals surface area contributed by atoms with Gasteiger partial charge in [-0.1, -0.05) is 6.92 Å². The fourth-order valence-corrected chi connectivity index (χ4v) is 1.05. The Morgan fingerprint density at radius 2 is 2.50 bits per heavy atom. The molecule has 1 amide bonds. The molecular formula is C9H16N4O. The standard InChI is InChI=1S/C9H16N4O/c1-3-8(10)9(14)11-6-7-4-5-13(2)12-7/h4-5,8H,3,6,10H2,1-2H3,(H,11,14)/t8-/m1/s1. The third kappa shape index (κ3) is 2.85. The van der Waals surface area contributed by atoms with E-state index in [4.69, 9.17) is 5.73 Å². The van der Waals surface area contributed by atoms with Gasteiger partial charge in [-0.2, -0.15) is 5.10 Å². The molecule has 5 heteroatoms. The van der Waals surface area contributed by atoms with Crippen LogP contribution in [0.3, 0.4) is 0 Å². The van der Waals surface area contributed by atoms with Gasteiger partial charge in [0.2, 0.25) is 5.91 Å². The van der Waals surface area contributed by atoms with Gasteiger partial charge >= 0.3 is 0 Å². The minimum atomic E-state index is -0.418. The molecule has 78 valence electrons. The second-order valence-corrected chi connectivity index (χ2v) is 3.21. The number of hydrogen-bond donors (Lipinski definition) is 2. The molecule has 1 rings (SSSR count). The van der Waals surface area contributed by atoms with Gasteiger partial charge in [0.25, 0.3) is 0 Å². The van der Waals surface area contributed by atoms with Crippen LogP contribution in [0.25, 0.3) is 0 Å². The molecule has 0 saturated carbocycles. The van der Waals surface area contributed by atoms with Crippen LogP contribution in [0.1, 0.15) is 19.0 Å². The molecule has 0 aliphatic carbocycles. The monoisotopic (exact) mass is 196 g/mol. The van der Waals surface area contributed by atoms with Crippen molar-refractivity contribution in [3.05, 3.63) is 18.0 Å². The van der Waals surface area contributed by atoms with Crippen molar-refractivity contribution in [1.82, 2.24) is 15.1 Å². The highest BCUT2D eigenvalue weighted by Crippen LogP contribution is 1.94. The minimum Gasteiger partial charge on any atom is -0.349 e. The number of nitrogens with two attached hydrogens (primary N) is 1. The van der Waals surface area contributed by atoms with E-state index in [1.165, 1.54) is 0 Å². The zero-order valence-corrected chi connectivity index (χ0v) is 8.53. The van der Waals surface area contributed by atoms with Gasteiger partial charge in [0, 0.05) is 13.2 Å². The van der Waals surface area contributed by atoms with Crippen LogP contribution in [0.4, 0.5) is 0 Å². The van der Waals surface area contributed by atoms with Crippen molar-refractivity contribution < 1.29 is 4.79 Å². The quantitative estimate of drug-likeness (QED) is 0.699. The number of carbonyl (C=O) groups is 1. The molecule has 1 aromatic heterocycles. The molecule has 0 fully saturated rings. The lowest BCUT2D eigenvalue weighted by Gasteiger charge is -2.08. The van der Waals surface area contributed by atoms with Crippen LogP contribution in [-0.4, -0.2) is 21.7 Å². The van der Waals surface area contributed by atoms with Crippen molar-refractivity contribution in [2.45, 2.75) is 25.9 Å². The van der Waals surface area contributed by atoms with Crippen LogP contribution in [0.5, 0.6) is 0 Å². The van der Waals surface area contributed by atoms with E-state index in [-0.39, 0.29) is 5.91 Å². The zero-order chi connectivity index (χ0) is 10.6. The number of hydrogen-bond acceptors (Lipinski definition) is 3. The van der Waals surface area contributed by atoms with E-state index < -0.39 is 6.04 Å². The molecule has 0 aliphatic rings. The highest BCUT2D eigenvalue weighted by Gasteiger charge is 2.10. The second-order valence-electron chi connectivity index (χ2n) is 3.21. The first-order valence-corrected chi connectivity index (χ1v) is 4.65. The Morgan fingerprint density at radius 3 is 3.00 bits per heavy atom. The molecule has 0 bridgehead atoms. The lowest BCUT2D eigenvalue weighted by molar-refractivity contribution is -0.122. The molecule has 0 spiro atoms. The normalized spacial score (nSPS) is 12.5. The maximum absolute atomic E-state index is 11.3. The summed E-state index contributed by atoms with van der Waals surface area (Å²) in [7, 11) is 1.84. The average molecular weight is 196 g/mol. The summed E-state index contributed by atoms with van der Waals surface area (Å²) in [5, 5.41) is 6.85. The van der Waals surface area contributed by atoms with Gasteiger partial charge in [0.15, 0.2) is 0 Å². The van der Waals surface area contributed by atoms with Crippen LogP contribution >= 0.6 is 0 Å². The van der Waals surface area contributed by atoms with Crippen LogP contribution in [-0.2, 0) is 18.4 Å². The first-order chi connectivity index (χ1) is 6.63. The van der Waals surface area contributed by atoms with Crippen molar-refractivity contribution in [2.75, 3.05) is 0 Å². The molecule has 0 unspecified atom stereocenters. The number of nitrogens with one attached hydrogen (secondary N) is 1. The molecule has 0 radical (unpaired) electrons. The van der Waals surface area contributed by atoms with Gasteiger partial charge in [0.1, 0.15) is 0 Å². The zero-order valence-electron chi connectivity index (χ0n) is 8.53. The fraction of sp³-hybridized carbons (Fsp3) is 0.556.